The van der Waals surface area contributed by atoms with Gasteiger partial charge in [-0.2, -0.15) is 0 Å². The quantitative estimate of drug-likeness (QED) is 0.810. The van der Waals surface area contributed by atoms with Gasteiger partial charge in [0.1, 0.15) is 9.84 Å². The molecule has 0 aliphatic heterocycles. The highest BCUT2D eigenvalue weighted by atomic mass is 32.2. The van der Waals surface area contributed by atoms with Gasteiger partial charge in [0.05, 0.1) is 5.75 Å². The fraction of sp³-hybridized carbons (Fsp3) is 1.00. The van der Waals surface area contributed by atoms with Crippen molar-refractivity contribution in [3.8, 4) is 0 Å². The van der Waals surface area contributed by atoms with Gasteiger partial charge in [0.15, 0.2) is 0 Å². The number of rotatable bonds is 6. The van der Waals surface area contributed by atoms with Crippen LogP contribution in [0.25, 0.3) is 0 Å². The average molecular weight is 275 g/mol. The van der Waals surface area contributed by atoms with Crippen molar-refractivity contribution in [1.82, 2.24) is 5.32 Å². The minimum atomic E-state index is -2.81. The van der Waals surface area contributed by atoms with Gasteiger partial charge in [-0.3, -0.25) is 0 Å². The molecule has 1 N–H and O–H groups in total. The summed E-state index contributed by atoms with van der Waals surface area (Å²) in [7, 11) is -0.829. The number of hydrogen-bond donors (Lipinski definition) is 1. The fourth-order valence-electron chi connectivity index (χ4n) is 3.13. The molecule has 0 spiro atoms. The van der Waals surface area contributed by atoms with Crippen molar-refractivity contribution in [2.24, 2.45) is 17.3 Å². The van der Waals surface area contributed by atoms with Crippen LogP contribution < -0.4 is 5.32 Å². The van der Waals surface area contributed by atoms with Gasteiger partial charge >= 0.3 is 0 Å². The molecular formula is C14H29NO2S. The van der Waals surface area contributed by atoms with Crippen LogP contribution in [0, 0.1) is 17.3 Å². The van der Waals surface area contributed by atoms with Crippen LogP contribution in [0.15, 0.2) is 0 Å². The van der Waals surface area contributed by atoms with E-state index >= 15 is 0 Å². The second-order valence-electron chi connectivity index (χ2n) is 6.51. The lowest BCUT2D eigenvalue weighted by Crippen LogP contribution is -2.36. The standard InChI is InChI=1S/C14H29NO2S/c1-5-18(16,17)9-7-12-10-14(2,3)8-6-13(12)11-15-4/h12-13,15H,5-11H2,1-4H3. The Balaban J connectivity index is 2.61. The summed E-state index contributed by atoms with van der Waals surface area (Å²) in [6, 6.07) is 0. The van der Waals surface area contributed by atoms with Gasteiger partial charge < -0.3 is 5.32 Å². The predicted molar refractivity (Wildman–Crippen MR) is 77.5 cm³/mol. The zero-order valence-electron chi connectivity index (χ0n) is 12.3. The highest BCUT2D eigenvalue weighted by Gasteiger charge is 2.34. The fourth-order valence-corrected chi connectivity index (χ4v) is 4.08. The van der Waals surface area contributed by atoms with E-state index in [1.54, 1.807) is 6.92 Å². The van der Waals surface area contributed by atoms with Gasteiger partial charge in [-0.25, -0.2) is 8.42 Å². The smallest absolute Gasteiger partial charge is 0.150 e. The maximum atomic E-state index is 11.7. The molecule has 4 heteroatoms. The molecule has 0 aromatic carbocycles. The molecule has 2 unspecified atom stereocenters. The summed E-state index contributed by atoms with van der Waals surface area (Å²) in [5, 5.41) is 3.26. The van der Waals surface area contributed by atoms with E-state index in [1.807, 2.05) is 7.05 Å². The molecular weight excluding hydrogens is 246 g/mol. The Morgan fingerprint density at radius 1 is 1.28 bits per heavy atom. The minimum Gasteiger partial charge on any atom is -0.319 e. The van der Waals surface area contributed by atoms with E-state index in [1.165, 1.54) is 19.3 Å². The first kappa shape index (κ1) is 16.0. The van der Waals surface area contributed by atoms with Crippen molar-refractivity contribution in [2.45, 2.75) is 46.5 Å². The Hall–Kier alpha value is -0.0900. The van der Waals surface area contributed by atoms with Crippen molar-refractivity contribution in [3.63, 3.8) is 0 Å². The highest BCUT2D eigenvalue weighted by molar-refractivity contribution is 7.91. The van der Waals surface area contributed by atoms with Crippen LogP contribution in [0.3, 0.4) is 0 Å². The van der Waals surface area contributed by atoms with Gasteiger partial charge in [-0.1, -0.05) is 20.8 Å². The summed E-state index contributed by atoms with van der Waals surface area (Å²) >= 11 is 0. The molecule has 1 aliphatic rings. The van der Waals surface area contributed by atoms with Crippen LogP contribution >= 0.6 is 0 Å². The van der Waals surface area contributed by atoms with Crippen LogP contribution in [0.5, 0.6) is 0 Å². The molecule has 18 heavy (non-hydrogen) atoms. The molecule has 3 nitrogen and oxygen atoms in total. The second kappa shape index (κ2) is 6.38. The van der Waals surface area contributed by atoms with Gasteiger partial charge in [-0.15, -0.1) is 0 Å². The maximum absolute atomic E-state index is 11.7. The van der Waals surface area contributed by atoms with Crippen LogP contribution in [-0.2, 0) is 9.84 Å². The number of sulfone groups is 1. The van der Waals surface area contributed by atoms with Crippen LogP contribution in [-0.4, -0.2) is 33.5 Å². The van der Waals surface area contributed by atoms with Crippen LogP contribution in [0.1, 0.15) is 46.5 Å². The molecule has 0 heterocycles. The Morgan fingerprint density at radius 3 is 2.50 bits per heavy atom. The molecule has 1 saturated carbocycles. The molecule has 1 fully saturated rings. The molecule has 0 aromatic heterocycles. The average Bonchev–Trinajstić information content (AvgIpc) is 2.29. The van der Waals surface area contributed by atoms with Crippen molar-refractivity contribution < 1.29 is 8.42 Å². The first-order valence-electron chi connectivity index (χ1n) is 7.14. The first-order valence-corrected chi connectivity index (χ1v) is 8.97. The molecule has 0 aromatic rings. The normalized spacial score (nSPS) is 28.2. The topological polar surface area (TPSA) is 46.2 Å². The zero-order valence-corrected chi connectivity index (χ0v) is 13.1. The summed E-state index contributed by atoms with van der Waals surface area (Å²) < 4.78 is 23.3. The lowest BCUT2D eigenvalue weighted by Gasteiger charge is -2.41. The Labute approximate surface area is 113 Å². The molecule has 1 rings (SSSR count). The van der Waals surface area contributed by atoms with Crippen molar-refractivity contribution in [3.05, 3.63) is 0 Å². The second-order valence-corrected chi connectivity index (χ2v) is 8.98. The van der Waals surface area contributed by atoms with Gasteiger partial charge in [0.25, 0.3) is 0 Å². The molecule has 2 atom stereocenters. The van der Waals surface area contributed by atoms with E-state index in [4.69, 9.17) is 0 Å². The molecule has 0 saturated heterocycles. The van der Waals surface area contributed by atoms with E-state index in [0.29, 0.717) is 23.0 Å². The van der Waals surface area contributed by atoms with E-state index < -0.39 is 9.84 Å². The number of nitrogens with one attached hydrogen (secondary N) is 1. The van der Waals surface area contributed by atoms with E-state index in [9.17, 15) is 8.42 Å². The lowest BCUT2D eigenvalue weighted by molar-refractivity contribution is 0.115. The summed E-state index contributed by atoms with van der Waals surface area (Å²) in [5.74, 6) is 1.85. The van der Waals surface area contributed by atoms with Gasteiger partial charge in [0, 0.05) is 5.75 Å². The van der Waals surface area contributed by atoms with E-state index in [-0.39, 0.29) is 5.75 Å². The Kier molecular flexibility index (Phi) is 5.66. The number of hydrogen-bond acceptors (Lipinski definition) is 3. The largest absolute Gasteiger partial charge is 0.319 e. The SMILES string of the molecule is CCS(=O)(=O)CCC1CC(C)(C)CCC1CNC. The predicted octanol–water partition coefficient (Wildman–Crippen LogP) is 2.47. The van der Waals surface area contributed by atoms with Crippen LogP contribution in [0.2, 0.25) is 0 Å². The molecule has 0 bridgehead atoms. The summed E-state index contributed by atoms with van der Waals surface area (Å²) in [6.45, 7) is 7.38. The van der Waals surface area contributed by atoms with Gasteiger partial charge in [0.2, 0.25) is 0 Å². The van der Waals surface area contributed by atoms with E-state index in [2.05, 4.69) is 19.2 Å². The summed E-state index contributed by atoms with van der Waals surface area (Å²) in [6.07, 6.45) is 4.49. The zero-order chi connectivity index (χ0) is 13.8. The van der Waals surface area contributed by atoms with Crippen molar-refractivity contribution in [1.29, 1.82) is 0 Å². The molecule has 0 radical (unpaired) electrons. The summed E-state index contributed by atoms with van der Waals surface area (Å²) in [5.41, 5.74) is 0.380. The first-order chi connectivity index (χ1) is 8.29. The highest BCUT2D eigenvalue weighted by Crippen LogP contribution is 2.43. The Morgan fingerprint density at radius 2 is 1.94 bits per heavy atom. The molecule has 1 aliphatic carbocycles. The monoisotopic (exact) mass is 275 g/mol. The van der Waals surface area contributed by atoms with Gasteiger partial charge in [-0.05, 0) is 56.5 Å². The lowest BCUT2D eigenvalue weighted by atomic mass is 9.66. The third-order valence-electron chi connectivity index (χ3n) is 4.38. The van der Waals surface area contributed by atoms with E-state index in [0.717, 1.165) is 13.0 Å². The maximum Gasteiger partial charge on any atom is 0.150 e. The third-order valence-corrected chi connectivity index (χ3v) is 6.12. The Bertz CT molecular complexity index is 349. The minimum absolute atomic E-state index is 0.278. The van der Waals surface area contributed by atoms with Crippen LogP contribution in [0.4, 0.5) is 0 Å². The third kappa shape index (κ3) is 4.88. The summed E-state index contributed by atoms with van der Waals surface area (Å²) in [4.78, 5) is 0. The molecule has 0 amide bonds. The van der Waals surface area contributed by atoms with Crippen molar-refractivity contribution in [2.75, 3.05) is 25.1 Å². The molecule has 108 valence electrons. The van der Waals surface area contributed by atoms with Crippen molar-refractivity contribution >= 4 is 9.84 Å².